The SMILES string of the molecule is CC[C@@H](c1ccccc1)c1cc(=O)[nH]cn1. The topological polar surface area (TPSA) is 45.8 Å². The molecule has 82 valence electrons. The van der Waals surface area contributed by atoms with Crippen LogP contribution in [0.2, 0.25) is 0 Å². The van der Waals surface area contributed by atoms with Crippen LogP contribution in [-0.2, 0) is 0 Å². The number of aromatic nitrogens is 2. The Hall–Kier alpha value is -1.90. The average Bonchev–Trinajstić information content (AvgIpc) is 2.31. The van der Waals surface area contributed by atoms with Gasteiger partial charge in [-0.1, -0.05) is 37.3 Å². The van der Waals surface area contributed by atoms with Crippen LogP contribution in [0.5, 0.6) is 0 Å². The molecule has 1 aromatic heterocycles. The Morgan fingerprint density at radius 3 is 2.69 bits per heavy atom. The molecule has 0 aliphatic carbocycles. The van der Waals surface area contributed by atoms with Gasteiger partial charge in [0.25, 0.3) is 5.56 Å². The summed E-state index contributed by atoms with van der Waals surface area (Å²) in [5, 5.41) is 0. The van der Waals surface area contributed by atoms with Crippen molar-refractivity contribution >= 4 is 0 Å². The lowest BCUT2D eigenvalue weighted by molar-refractivity contribution is 0.742. The highest BCUT2D eigenvalue weighted by Gasteiger charge is 2.13. The number of nitrogens with zero attached hydrogens (tertiary/aromatic N) is 1. The third-order valence-corrected chi connectivity index (χ3v) is 2.67. The van der Waals surface area contributed by atoms with Gasteiger partial charge in [-0.3, -0.25) is 4.79 Å². The Labute approximate surface area is 94.2 Å². The molecular formula is C13H14N2O. The van der Waals surface area contributed by atoms with Crippen molar-refractivity contribution < 1.29 is 0 Å². The second-order valence-corrected chi connectivity index (χ2v) is 3.71. The first-order valence-electron chi connectivity index (χ1n) is 5.41. The van der Waals surface area contributed by atoms with Gasteiger partial charge in [-0.2, -0.15) is 0 Å². The van der Waals surface area contributed by atoms with Crippen LogP contribution in [0.25, 0.3) is 0 Å². The molecule has 0 saturated carbocycles. The standard InChI is InChI=1S/C13H14N2O/c1-2-11(10-6-4-3-5-7-10)12-8-13(16)15-9-14-12/h3-9,11H,2H2,1H3,(H,14,15,16)/t11-/m0/s1. The average molecular weight is 214 g/mol. The predicted octanol–water partition coefficient (Wildman–Crippen LogP) is 2.31. The molecule has 1 aromatic carbocycles. The van der Waals surface area contributed by atoms with Gasteiger partial charge in [-0.15, -0.1) is 0 Å². The van der Waals surface area contributed by atoms with Gasteiger partial charge < -0.3 is 4.98 Å². The molecule has 3 heteroatoms. The van der Waals surface area contributed by atoms with E-state index >= 15 is 0 Å². The summed E-state index contributed by atoms with van der Waals surface area (Å²) in [4.78, 5) is 18.0. The van der Waals surface area contributed by atoms with Crippen molar-refractivity contribution in [2.24, 2.45) is 0 Å². The second kappa shape index (κ2) is 4.75. The van der Waals surface area contributed by atoms with Gasteiger partial charge in [0.05, 0.1) is 12.0 Å². The molecule has 3 nitrogen and oxygen atoms in total. The van der Waals surface area contributed by atoms with Crippen LogP contribution in [-0.4, -0.2) is 9.97 Å². The van der Waals surface area contributed by atoms with Crippen molar-refractivity contribution in [2.45, 2.75) is 19.3 Å². The quantitative estimate of drug-likeness (QED) is 0.852. The van der Waals surface area contributed by atoms with Crippen LogP contribution in [0.15, 0.2) is 47.5 Å². The molecule has 0 unspecified atom stereocenters. The third kappa shape index (κ3) is 2.19. The molecule has 0 aliphatic heterocycles. The molecule has 1 atom stereocenters. The number of H-pyrrole nitrogens is 1. The monoisotopic (exact) mass is 214 g/mol. The predicted molar refractivity (Wildman–Crippen MR) is 63.4 cm³/mol. The van der Waals surface area contributed by atoms with Crippen LogP contribution in [0.3, 0.4) is 0 Å². The van der Waals surface area contributed by atoms with E-state index in [1.807, 2.05) is 18.2 Å². The van der Waals surface area contributed by atoms with Crippen LogP contribution in [0.1, 0.15) is 30.5 Å². The van der Waals surface area contributed by atoms with E-state index in [4.69, 9.17) is 0 Å². The van der Waals surface area contributed by atoms with Gasteiger partial charge in [0.1, 0.15) is 0 Å². The van der Waals surface area contributed by atoms with E-state index < -0.39 is 0 Å². The minimum absolute atomic E-state index is 0.0978. The van der Waals surface area contributed by atoms with Crippen molar-refractivity contribution in [3.05, 3.63) is 64.3 Å². The zero-order chi connectivity index (χ0) is 11.4. The van der Waals surface area contributed by atoms with Crippen molar-refractivity contribution in [1.29, 1.82) is 0 Å². The molecule has 0 amide bonds. The maximum absolute atomic E-state index is 11.2. The fourth-order valence-corrected chi connectivity index (χ4v) is 1.88. The van der Waals surface area contributed by atoms with E-state index in [0.29, 0.717) is 0 Å². The van der Waals surface area contributed by atoms with Crippen LogP contribution >= 0.6 is 0 Å². The Balaban J connectivity index is 2.41. The molecule has 2 aromatic rings. The third-order valence-electron chi connectivity index (χ3n) is 2.67. The van der Waals surface area contributed by atoms with E-state index in [9.17, 15) is 4.79 Å². The van der Waals surface area contributed by atoms with Gasteiger partial charge in [0, 0.05) is 12.0 Å². The van der Waals surface area contributed by atoms with Crippen LogP contribution in [0, 0.1) is 0 Å². The molecule has 1 heterocycles. The minimum Gasteiger partial charge on any atom is -0.313 e. The number of rotatable bonds is 3. The molecule has 0 radical (unpaired) electrons. The highest BCUT2D eigenvalue weighted by atomic mass is 16.1. The number of hydrogen-bond donors (Lipinski definition) is 1. The summed E-state index contributed by atoms with van der Waals surface area (Å²) in [5.41, 5.74) is 1.93. The Kier molecular flexibility index (Phi) is 3.15. The fourth-order valence-electron chi connectivity index (χ4n) is 1.88. The van der Waals surface area contributed by atoms with E-state index in [1.54, 1.807) is 6.07 Å². The number of hydrogen-bond acceptors (Lipinski definition) is 2. The molecular weight excluding hydrogens is 200 g/mol. The molecule has 0 spiro atoms. The van der Waals surface area contributed by atoms with Gasteiger partial charge in [0.15, 0.2) is 0 Å². The number of nitrogens with one attached hydrogen (secondary N) is 1. The van der Waals surface area contributed by atoms with Crippen molar-refractivity contribution in [3.63, 3.8) is 0 Å². The molecule has 0 saturated heterocycles. The van der Waals surface area contributed by atoms with E-state index in [1.165, 1.54) is 11.9 Å². The van der Waals surface area contributed by atoms with Crippen molar-refractivity contribution in [3.8, 4) is 0 Å². The minimum atomic E-state index is -0.0978. The molecule has 1 N–H and O–H groups in total. The zero-order valence-corrected chi connectivity index (χ0v) is 9.18. The highest BCUT2D eigenvalue weighted by Crippen LogP contribution is 2.24. The summed E-state index contributed by atoms with van der Waals surface area (Å²) < 4.78 is 0. The van der Waals surface area contributed by atoms with Gasteiger partial charge >= 0.3 is 0 Å². The summed E-state index contributed by atoms with van der Waals surface area (Å²) in [6.45, 7) is 2.10. The summed E-state index contributed by atoms with van der Waals surface area (Å²) in [5.74, 6) is 0.198. The lowest BCUT2D eigenvalue weighted by atomic mass is 9.93. The molecule has 2 rings (SSSR count). The summed E-state index contributed by atoms with van der Waals surface area (Å²) in [7, 11) is 0. The lowest BCUT2D eigenvalue weighted by Crippen LogP contribution is -2.10. The first-order chi connectivity index (χ1) is 7.81. The smallest absolute Gasteiger partial charge is 0.250 e. The first kappa shape index (κ1) is 10.6. The van der Waals surface area contributed by atoms with E-state index in [0.717, 1.165) is 12.1 Å². The van der Waals surface area contributed by atoms with Crippen molar-refractivity contribution in [1.82, 2.24) is 9.97 Å². The van der Waals surface area contributed by atoms with E-state index in [-0.39, 0.29) is 11.5 Å². The zero-order valence-electron chi connectivity index (χ0n) is 9.18. The second-order valence-electron chi connectivity index (χ2n) is 3.71. The number of aromatic amines is 1. The normalized spacial score (nSPS) is 12.3. The maximum atomic E-state index is 11.2. The van der Waals surface area contributed by atoms with Gasteiger partial charge in [0.2, 0.25) is 0 Å². The Morgan fingerprint density at radius 1 is 1.31 bits per heavy atom. The van der Waals surface area contributed by atoms with Gasteiger partial charge in [-0.05, 0) is 12.0 Å². The summed E-state index contributed by atoms with van der Waals surface area (Å²) in [6, 6.07) is 11.7. The van der Waals surface area contributed by atoms with Gasteiger partial charge in [-0.25, -0.2) is 4.98 Å². The largest absolute Gasteiger partial charge is 0.313 e. The Bertz CT molecular complexity index is 505. The van der Waals surface area contributed by atoms with Crippen LogP contribution in [0.4, 0.5) is 0 Å². The first-order valence-corrected chi connectivity index (χ1v) is 5.41. The highest BCUT2D eigenvalue weighted by molar-refractivity contribution is 5.27. The maximum Gasteiger partial charge on any atom is 0.250 e. The summed E-state index contributed by atoms with van der Waals surface area (Å²) in [6.07, 6.45) is 2.39. The molecule has 16 heavy (non-hydrogen) atoms. The molecule has 0 aliphatic rings. The van der Waals surface area contributed by atoms with E-state index in [2.05, 4.69) is 29.0 Å². The van der Waals surface area contributed by atoms with Crippen LogP contribution < -0.4 is 5.56 Å². The summed E-state index contributed by atoms with van der Waals surface area (Å²) >= 11 is 0. The lowest BCUT2D eigenvalue weighted by Gasteiger charge is -2.13. The molecule has 0 bridgehead atoms. The Morgan fingerprint density at radius 2 is 2.06 bits per heavy atom. The molecule has 0 fully saturated rings. The van der Waals surface area contributed by atoms with Crippen molar-refractivity contribution in [2.75, 3.05) is 0 Å². The fraction of sp³-hybridized carbons (Fsp3) is 0.231. The number of benzene rings is 1.